The molecule has 0 aliphatic carbocycles. The second-order valence-electron chi connectivity index (χ2n) is 4.62. The van der Waals surface area contributed by atoms with E-state index in [1.54, 1.807) is 0 Å². The summed E-state index contributed by atoms with van der Waals surface area (Å²) in [6.45, 7) is 1.18. The number of ether oxygens (including phenoxy) is 2. The highest BCUT2D eigenvalue weighted by Crippen LogP contribution is 2.20. The fourth-order valence-electron chi connectivity index (χ4n) is 2.17. The van der Waals surface area contributed by atoms with E-state index in [1.165, 1.54) is 0 Å². The fourth-order valence-corrected chi connectivity index (χ4v) is 2.17. The zero-order valence-electron chi connectivity index (χ0n) is 10.9. The first kappa shape index (κ1) is 14.0. The number of benzene rings is 1. The molecule has 1 aromatic rings. The second-order valence-corrected chi connectivity index (χ2v) is 4.62. The van der Waals surface area contributed by atoms with Crippen molar-refractivity contribution in [1.29, 1.82) is 0 Å². The third-order valence-corrected chi connectivity index (χ3v) is 3.21. The summed E-state index contributed by atoms with van der Waals surface area (Å²) in [6, 6.07) is 9.33. The Kier molecular flexibility index (Phi) is 5.32. The van der Waals surface area contributed by atoms with Gasteiger partial charge in [0, 0.05) is 6.61 Å². The van der Waals surface area contributed by atoms with Crippen LogP contribution in [0.3, 0.4) is 0 Å². The molecule has 19 heavy (non-hydrogen) atoms. The zero-order valence-corrected chi connectivity index (χ0v) is 10.9. The van der Waals surface area contributed by atoms with E-state index in [2.05, 4.69) is 5.43 Å². The van der Waals surface area contributed by atoms with Crippen LogP contribution >= 0.6 is 0 Å². The maximum Gasteiger partial charge on any atom is 0.267 e. The lowest BCUT2D eigenvalue weighted by Crippen LogP contribution is -2.37. The average Bonchev–Trinajstić information content (AvgIpc) is 2.49. The van der Waals surface area contributed by atoms with Crippen LogP contribution in [0, 0.1) is 0 Å². The molecule has 0 radical (unpaired) electrons. The van der Waals surface area contributed by atoms with E-state index in [0.717, 1.165) is 31.4 Å². The molecule has 1 heterocycles. The summed E-state index contributed by atoms with van der Waals surface area (Å²) in [7, 11) is 0. The Balaban J connectivity index is 1.96. The van der Waals surface area contributed by atoms with Crippen LogP contribution in [0.15, 0.2) is 30.3 Å². The lowest BCUT2D eigenvalue weighted by atomic mass is 10.1. The normalized spacial score (nSPS) is 20.8. The van der Waals surface area contributed by atoms with E-state index in [0.29, 0.717) is 6.61 Å². The first-order valence-corrected chi connectivity index (χ1v) is 6.60. The van der Waals surface area contributed by atoms with E-state index in [-0.39, 0.29) is 12.0 Å². The highest BCUT2D eigenvalue weighted by atomic mass is 16.5. The smallest absolute Gasteiger partial charge is 0.267 e. The van der Waals surface area contributed by atoms with Crippen LogP contribution in [0.5, 0.6) is 0 Å². The van der Waals surface area contributed by atoms with Crippen molar-refractivity contribution in [3.8, 4) is 0 Å². The van der Waals surface area contributed by atoms with Gasteiger partial charge in [0.1, 0.15) is 0 Å². The van der Waals surface area contributed by atoms with Crippen LogP contribution in [0.25, 0.3) is 0 Å². The topological polar surface area (TPSA) is 73.6 Å². The monoisotopic (exact) mass is 264 g/mol. The van der Waals surface area contributed by atoms with Crippen LogP contribution in [0.4, 0.5) is 0 Å². The molecule has 3 N–H and O–H groups in total. The number of carbonyl (C=O) groups is 1. The Morgan fingerprint density at radius 1 is 1.42 bits per heavy atom. The summed E-state index contributed by atoms with van der Waals surface area (Å²) in [6.07, 6.45) is 2.61. The minimum atomic E-state index is -0.684. The standard InChI is InChI=1S/C14H20N2O3/c15-16-14(17)13(11-6-2-1-3-7-11)19-10-12-8-4-5-9-18-12/h1-3,6-7,12-13H,4-5,8-10,15H2,(H,16,17). The molecular formula is C14H20N2O3. The molecular weight excluding hydrogens is 244 g/mol. The van der Waals surface area contributed by atoms with Gasteiger partial charge in [-0.15, -0.1) is 0 Å². The summed E-state index contributed by atoms with van der Waals surface area (Å²) < 4.78 is 11.3. The summed E-state index contributed by atoms with van der Waals surface area (Å²) in [5.41, 5.74) is 2.94. The van der Waals surface area contributed by atoms with Gasteiger partial charge in [0.25, 0.3) is 5.91 Å². The maximum atomic E-state index is 11.8. The van der Waals surface area contributed by atoms with Gasteiger partial charge in [0.05, 0.1) is 12.7 Å². The van der Waals surface area contributed by atoms with E-state index in [9.17, 15) is 4.79 Å². The first-order chi connectivity index (χ1) is 9.31. The Morgan fingerprint density at radius 3 is 2.84 bits per heavy atom. The van der Waals surface area contributed by atoms with Gasteiger partial charge in [-0.2, -0.15) is 0 Å². The van der Waals surface area contributed by atoms with Crippen molar-refractivity contribution < 1.29 is 14.3 Å². The van der Waals surface area contributed by atoms with E-state index >= 15 is 0 Å². The van der Waals surface area contributed by atoms with Crippen molar-refractivity contribution in [2.45, 2.75) is 31.5 Å². The van der Waals surface area contributed by atoms with E-state index < -0.39 is 6.10 Å². The van der Waals surface area contributed by atoms with E-state index in [4.69, 9.17) is 15.3 Å². The first-order valence-electron chi connectivity index (χ1n) is 6.60. The van der Waals surface area contributed by atoms with Crippen molar-refractivity contribution in [2.24, 2.45) is 5.84 Å². The van der Waals surface area contributed by atoms with Crippen molar-refractivity contribution in [3.63, 3.8) is 0 Å². The van der Waals surface area contributed by atoms with Crippen molar-refractivity contribution in [3.05, 3.63) is 35.9 Å². The number of amides is 1. The summed E-state index contributed by atoms with van der Waals surface area (Å²) in [5.74, 6) is 4.86. The van der Waals surface area contributed by atoms with Crippen LogP contribution in [-0.2, 0) is 14.3 Å². The van der Waals surface area contributed by atoms with Gasteiger partial charge in [0.2, 0.25) is 0 Å². The molecule has 1 aliphatic heterocycles. The predicted octanol–water partition coefficient (Wildman–Crippen LogP) is 1.30. The summed E-state index contributed by atoms with van der Waals surface area (Å²) in [5, 5.41) is 0. The number of nitrogens with one attached hydrogen (secondary N) is 1. The molecule has 0 saturated carbocycles. The molecule has 2 unspecified atom stereocenters. The number of nitrogens with two attached hydrogens (primary N) is 1. The summed E-state index contributed by atoms with van der Waals surface area (Å²) >= 11 is 0. The molecule has 0 spiro atoms. The van der Waals surface area contributed by atoms with Gasteiger partial charge in [-0.3, -0.25) is 10.2 Å². The predicted molar refractivity (Wildman–Crippen MR) is 71.1 cm³/mol. The fraction of sp³-hybridized carbons (Fsp3) is 0.500. The molecule has 0 bridgehead atoms. The van der Waals surface area contributed by atoms with Gasteiger partial charge >= 0.3 is 0 Å². The Bertz CT molecular complexity index is 391. The second kappa shape index (κ2) is 7.23. The van der Waals surface area contributed by atoms with Gasteiger partial charge in [-0.05, 0) is 24.8 Å². The Labute approximate surface area is 113 Å². The van der Waals surface area contributed by atoms with Crippen molar-refractivity contribution in [2.75, 3.05) is 13.2 Å². The van der Waals surface area contributed by atoms with Gasteiger partial charge < -0.3 is 9.47 Å². The molecule has 1 aromatic carbocycles. The molecule has 5 heteroatoms. The van der Waals surface area contributed by atoms with Crippen molar-refractivity contribution in [1.82, 2.24) is 5.43 Å². The van der Waals surface area contributed by atoms with Crippen LogP contribution in [0.2, 0.25) is 0 Å². The third-order valence-electron chi connectivity index (χ3n) is 3.21. The molecule has 5 nitrogen and oxygen atoms in total. The molecule has 104 valence electrons. The number of hydrazine groups is 1. The maximum absolute atomic E-state index is 11.8. The number of carbonyl (C=O) groups excluding carboxylic acids is 1. The minimum Gasteiger partial charge on any atom is -0.376 e. The van der Waals surface area contributed by atoms with Crippen LogP contribution in [-0.4, -0.2) is 25.2 Å². The van der Waals surface area contributed by atoms with Crippen LogP contribution in [0.1, 0.15) is 30.9 Å². The number of hydrogen-bond acceptors (Lipinski definition) is 4. The molecule has 2 atom stereocenters. The highest BCUT2D eigenvalue weighted by molar-refractivity contribution is 5.81. The van der Waals surface area contributed by atoms with Crippen molar-refractivity contribution >= 4 is 5.91 Å². The zero-order chi connectivity index (χ0) is 13.5. The molecule has 1 amide bonds. The number of hydrogen-bond donors (Lipinski definition) is 2. The van der Waals surface area contributed by atoms with Gasteiger partial charge in [-0.25, -0.2) is 5.84 Å². The SMILES string of the molecule is NNC(=O)C(OCC1CCCCO1)c1ccccc1. The van der Waals surface area contributed by atoms with Crippen LogP contribution < -0.4 is 11.3 Å². The lowest BCUT2D eigenvalue weighted by Gasteiger charge is -2.25. The van der Waals surface area contributed by atoms with Gasteiger partial charge in [-0.1, -0.05) is 30.3 Å². The molecule has 1 saturated heterocycles. The summed E-state index contributed by atoms with van der Waals surface area (Å²) in [4.78, 5) is 11.8. The lowest BCUT2D eigenvalue weighted by molar-refractivity contribution is -0.137. The molecule has 1 aliphatic rings. The third kappa shape index (κ3) is 4.02. The minimum absolute atomic E-state index is 0.0746. The Morgan fingerprint density at radius 2 is 2.21 bits per heavy atom. The largest absolute Gasteiger partial charge is 0.376 e. The number of rotatable bonds is 5. The average molecular weight is 264 g/mol. The molecule has 1 fully saturated rings. The quantitative estimate of drug-likeness (QED) is 0.477. The molecule has 0 aromatic heterocycles. The molecule has 2 rings (SSSR count). The highest BCUT2D eigenvalue weighted by Gasteiger charge is 2.23. The van der Waals surface area contributed by atoms with E-state index in [1.807, 2.05) is 30.3 Å². The Hall–Kier alpha value is -1.43. The van der Waals surface area contributed by atoms with Gasteiger partial charge in [0.15, 0.2) is 6.10 Å².